The maximum absolute atomic E-state index is 12.5. The molecule has 2 N–H and O–H groups in total. The van der Waals surface area contributed by atoms with E-state index in [9.17, 15) is 14.4 Å². The van der Waals surface area contributed by atoms with E-state index in [-0.39, 0.29) is 17.8 Å². The summed E-state index contributed by atoms with van der Waals surface area (Å²) in [4.78, 5) is 45.3. The summed E-state index contributed by atoms with van der Waals surface area (Å²) in [6, 6.07) is 10.2. The number of nitrogens with zero attached hydrogens (tertiary/aromatic N) is 4. The van der Waals surface area contributed by atoms with Gasteiger partial charge in [-0.2, -0.15) is 0 Å². The maximum atomic E-state index is 12.5. The Labute approximate surface area is 195 Å². The highest BCUT2D eigenvalue weighted by Crippen LogP contribution is 2.10. The van der Waals surface area contributed by atoms with Gasteiger partial charge in [0, 0.05) is 31.2 Å². The number of alkyl carbamates (subject to hydrolysis) is 1. The number of carbonyl (C=O) groups excluding carboxylic acids is 2. The third kappa shape index (κ3) is 5.58. The predicted octanol–water partition coefficient (Wildman–Crippen LogP) is 2.34. The van der Waals surface area contributed by atoms with Crippen LogP contribution in [-0.4, -0.2) is 42.9 Å². The van der Waals surface area contributed by atoms with Crippen LogP contribution >= 0.6 is 0 Å². The highest BCUT2D eigenvalue weighted by atomic mass is 16.6. The number of rotatable bonds is 6. The van der Waals surface area contributed by atoms with Crippen molar-refractivity contribution in [3.63, 3.8) is 0 Å². The molecule has 4 heterocycles. The largest absolute Gasteiger partial charge is 0.444 e. The van der Waals surface area contributed by atoms with Crippen molar-refractivity contribution in [1.82, 2.24) is 29.4 Å². The first-order valence-electron chi connectivity index (χ1n) is 10.9. The molecule has 10 nitrogen and oxygen atoms in total. The van der Waals surface area contributed by atoms with E-state index >= 15 is 0 Å². The Bertz CT molecular complexity index is 1420. The van der Waals surface area contributed by atoms with Crippen LogP contribution in [0.4, 0.5) is 4.79 Å². The standard InChI is InChI=1S/C24H26N6O4/c1-24(2,3)34-23(33)25-10-9-16-7-8-19-27-17(15-29(19)14-16)13-26-22(32)18-12-21(31)30-11-5-4-6-20(30)28-18/h4-8,11-12,14-15H,9-10,13H2,1-3H3,(H,25,33)(H,26,32). The number of nitrogens with one attached hydrogen (secondary N) is 2. The van der Waals surface area contributed by atoms with Gasteiger partial charge in [0.1, 0.15) is 22.6 Å². The third-order valence-electron chi connectivity index (χ3n) is 4.88. The van der Waals surface area contributed by atoms with Crippen LogP contribution in [0.2, 0.25) is 0 Å². The van der Waals surface area contributed by atoms with Crippen molar-refractivity contribution in [2.45, 2.75) is 39.3 Å². The average molecular weight is 463 g/mol. The van der Waals surface area contributed by atoms with Gasteiger partial charge in [0.05, 0.1) is 12.2 Å². The van der Waals surface area contributed by atoms with Crippen molar-refractivity contribution in [2.75, 3.05) is 6.54 Å². The van der Waals surface area contributed by atoms with Gasteiger partial charge in [-0.15, -0.1) is 0 Å². The van der Waals surface area contributed by atoms with Gasteiger partial charge in [0.2, 0.25) is 0 Å². The van der Waals surface area contributed by atoms with Crippen LogP contribution in [0.25, 0.3) is 11.3 Å². The molecule has 0 aromatic carbocycles. The molecule has 0 aliphatic carbocycles. The van der Waals surface area contributed by atoms with Crippen LogP contribution in [-0.2, 0) is 17.7 Å². The van der Waals surface area contributed by atoms with E-state index in [4.69, 9.17) is 4.74 Å². The molecule has 34 heavy (non-hydrogen) atoms. The highest BCUT2D eigenvalue weighted by molar-refractivity contribution is 5.92. The molecule has 4 rings (SSSR count). The summed E-state index contributed by atoms with van der Waals surface area (Å²) in [7, 11) is 0. The van der Waals surface area contributed by atoms with Crippen molar-refractivity contribution >= 4 is 23.3 Å². The summed E-state index contributed by atoms with van der Waals surface area (Å²) in [6.45, 7) is 6.08. The van der Waals surface area contributed by atoms with E-state index in [0.29, 0.717) is 24.3 Å². The van der Waals surface area contributed by atoms with Crippen molar-refractivity contribution in [1.29, 1.82) is 0 Å². The molecule has 4 aromatic heterocycles. The van der Waals surface area contributed by atoms with Gasteiger partial charge in [-0.05, 0) is 51.0 Å². The summed E-state index contributed by atoms with van der Waals surface area (Å²) in [6.07, 6.45) is 5.53. The van der Waals surface area contributed by atoms with Crippen LogP contribution in [0.3, 0.4) is 0 Å². The Kier molecular flexibility index (Phi) is 6.31. The number of fused-ring (bicyclic) bond motifs is 2. The van der Waals surface area contributed by atoms with Gasteiger partial charge in [-0.1, -0.05) is 12.1 Å². The van der Waals surface area contributed by atoms with Crippen LogP contribution in [0.5, 0.6) is 0 Å². The molecule has 0 fully saturated rings. The van der Waals surface area contributed by atoms with Crippen LogP contribution in [0.1, 0.15) is 42.5 Å². The van der Waals surface area contributed by atoms with E-state index in [1.165, 1.54) is 10.5 Å². The number of pyridine rings is 2. The molecule has 4 aromatic rings. The lowest BCUT2D eigenvalue weighted by Gasteiger charge is -2.19. The van der Waals surface area contributed by atoms with E-state index < -0.39 is 17.6 Å². The van der Waals surface area contributed by atoms with Crippen molar-refractivity contribution in [3.8, 4) is 0 Å². The summed E-state index contributed by atoms with van der Waals surface area (Å²) in [5.74, 6) is -0.450. The molecule has 0 saturated carbocycles. The second-order valence-corrected chi connectivity index (χ2v) is 8.80. The molecule has 0 bridgehead atoms. The fourth-order valence-electron chi connectivity index (χ4n) is 3.38. The predicted molar refractivity (Wildman–Crippen MR) is 126 cm³/mol. The summed E-state index contributed by atoms with van der Waals surface area (Å²) in [5.41, 5.74) is 2.01. The molecule has 0 spiro atoms. The topological polar surface area (TPSA) is 119 Å². The number of aromatic nitrogens is 4. The number of carbonyl (C=O) groups is 2. The minimum Gasteiger partial charge on any atom is -0.444 e. The minimum atomic E-state index is -0.535. The lowest BCUT2D eigenvalue weighted by molar-refractivity contribution is 0.0528. The molecule has 0 radical (unpaired) electrons. The van der Waals surface area contributed by atoms with Crippen molar-refractivity contribution in [2.24, 2.45) is 0 Å². The van der Waals surface area contributed by atoms with Gasteiger partial charge in [-0.25, -0.2) is 14.8 Å². The zero-order chi connectivity index (χ0) is 24.3. The Morgan fingerprint density at radius 3 is 2.65 bits per heavy atom. The normalized spacial score (nSPS) is 11.5. The molecule has 0 unspecified atom stereocenters. The average Bonchev–Trinajstić information content (AvgIpc) is 3.18. The zero-order valence-corrected chi connectivity index (χ0v) is 19.2. The van der Waals surface area contributed by atoms with E-state index in [1.54, 1.807) is 24.4 Å². The van der Waals surface area contributed by atoms with Gasteiger partial charge < -0.3 is 19.8 Å². The first kappa shape index (κ1) is 23.0. The molecule has 10 heteroatoms. The molecule has 0 saturated heterocycles. The number of amides is 2. The Morgan fingerprint density at radius 1 is 1.03 bits per heavy atom. The molecule has 176 valence electrons. The Hall–Kier alpha value is -4.21. The minimum absolute atomic E-state index is 0.0553. The zero-order valence-electron chi connectivity index (χ0n) is 19.2. The summed E-state index contributed by atoms with van der Waals surface area (Å²) in [5, 5.41) is 5.50. The first-order valence-corrected chi connectivity index (χ1v) is 10.9. The summed E-state index contributed by atoms with van der Waals surface area (Å²) >= 11 is 0. The fourth-order valence-corrected chi connectivity index (χ4v) is 3.38. The molecule has 0 aliphatic rings. The van der Waals surface area contributed by atoms with Gasteiger partial charge in [-0.3, -0.25) is 14.0 Å². The van der Waals surface area contributed by atoms with Gasteiger partial charge in [0.15, 0.2) is 0 Å². The lowest BCUT2D eigenvalue weighted by Crippen LogP contribution is -2.33. The lowest BCUT2D eigenvalue weighted by atomic mass is 10.2. The molecular weight excluding hydrogens is 436 g/mol. The number of ether oxygens (including phenoxy) is 1. The second kappa shape index (κ2) is 9.34. The van der Waals surface area contributed by atoms with E-state index in [0.717, 1.165) is 11.2 Å². The first-order chi connectivity index (χ1) is 16.2. The Balaban J connectivity index is 1.36. The quantitative estimate of drug-likeness (QED) is 0.454. The van der Waals surface area contributed by atoms with Crippen LogP contribution in [0, 0.1) is 0 Å². The van der Waals surface area contributed by atoms with Gasteiger partial charge >= 0.3 is 6.09 Å². The molecule has 2 amide bonds. The van der Waals surface area contributed by atoms with E-state index in [2.05, 4.69) is 20.6 Å². The monoisotopic (exact) mass is 462 g/mol. The molecular formula is C24H26N6O4. The third-order valence-corrected chi connectivity index (χ3v) is 4.88. The number of hydrogen-bond donors (Lipinski definition) is 2. The second-order valence-electron chi connectivity index (χ2n) is 8.80. The van der Waals surface area contributed by atoms with Crippen molar-refractivity contribution in [3.05, 3.63) is 82.3 Å². The van der Waals surface area contributed by atoms with Crippen LogP contribution in [0.15, 0.2) is 59.8 Å². The van der Waals surface area contributed by atoms with E-state index in [1.807, 2.05) is 49.7 Å². The number of hydrogen-bond acceptors (Lipinski definition) is 6. The van der Waals surface area contributed by atoms with Crippen LogP contribution < -0.4 is 16.2 Å². The highest BCUT2D eigenvalue weighted by Gasteiger charge is 2.15. The van der Waals surface area contributed by atoms with Gasteiger partial charge in [0.25, 0.3) is 11.5 Å². The SMILES string of the molecule is CC(C)(C)OC(=O)NCCc1ccc2nc(CNC(=O)c3cc(=O)n4ccccc4n3)cn2c1. The molecule has 0 atom stereocenters. The fraction of sp³-hybridized carbons (Fsp3) is 0.292. The maximum Gasteiger partial charge on any atom is 0.407 e. The Morgan fingerprint density at radius 2 is 1.85 bits per heavy atom. The smallest absolute Gasteiger partial charge is 0.407 e. The summed E-state index contributed by atoms with van der Waals surface area (Å²) < 4.78 is 8.47. The molecule has 0 aliphatic heterocycles. The van der Waals surface area contributed by atoms with Crippen molar-refractivity contribution < 1.29 is 14.3 Å². The number of imidazole rings is 1.